The van der Waals surface area contributed by atoms with Gasteiger partial charge < -0.3 is 9.69 Å². The van der Waals surface area contributed by atoms with Crippen molar-refractivity contribution in [1.82, 2.24) is 4.90 Å². The highest BCUT2D eigenvalue weighted by atomic mass is 16.2. The molecule has 0 saturated carbocycles. The molecule has 12 heavy (non-hydrogen) atoms. The van der Waals surface area contributed by atoms with E-state index in [-0.39, 0.29) is 11.7 Å². The van der Waals surface area contributed by atoms with Crippen LogP contribution in [0.2, 0.25) is 0 Å². The van der Waals surface area contributed by atoms with Crippen molar-refractivity contribution in [3.8, 4) is 0 Å². The summed E-state index contributed by atoms with van der Waals surface area (Å²) in [6.07, 6.45) is 3.10. The quantitative estimate of drug-likeness (QED) is 0.629. The third kappa shape index (κ3) is 2.64. The molecule has 0 unspecified atom stereocenters. The Morgan fingerprint density at radius 1 is 1.58 bits per heavy atom. The summed E-state index contributed by atoms with van der Waals surface area (Å²) in [5.74, 6) is 0.459. The molecule has 0 spiro atoms. The van der Waals surface area contributed by atoms with Gasteiger partial charge in [-0.3, -0.25) is 4.79 Å². The highest BCUT2D eigenvalue weighted by Crippen LogP contribution is 2.10. The van der Waals surface area contributed by atoms with Gasteiger partial charge in [0, 0.05) is 25.9 Å². The van der Waals surface area contributed by atoms with E-state index < -0.39 is 0 Å². The summed E-state index contributed by atoms with van der Waals surface area (Å²) >= 11 is 0. The Morgan fingerprint density at radius 3 is 2.83 bits per heavy atom. The Balaban J connectivity index is 2.14. The zero-order valence-corrected chi connectivity index (χ0v) is 7.51. The lowest BCUT2D eigenvalue weighted by Crippen LogP contribution is -2.25. The van der Waals surface area contributed by atoms with Crippen LogP contribution in [-0.2, 0) is 9.59 Å². The minimum atomic E-state index is 0.210. The molecule has 0 bridgehead atoms. The molecule has 1 heterocycles. The van der Waals surface area contributed by atoms with E-state index in [0.717, 1.165) is 25.9 Å². The minimum Gasteiger partial charge on any atom is -0.343 e. The molecule has 1 amide bonds. The van der Waals surface area contributed by atoms with E-state index in [1.807, 2.05) is 4.90 Å². The summed E-state index contributed by atoms with van der Waals surface area (Å²) in [6, 6.07) is 0. The summed E-state index contributed by atoms with van der Waals surface area (Å²) < 4.78 is 0. The Kier molecular flexibility index (Phi) is 3.26. The van der Waals surface area contributed by atoms with Crippen molar-refractivity contribution in [2.45, 2.75) is 32.6 Å². The number of hydrogen-bond donors (Lipinski definition) is 0. The van der Waals surface area contributed by atoms with Gasteiger partial charge in [0.1, 0.15) is 5.78 Å². The van der Waals surface area contributed by atoms with E-state index in [1.54, 1.807) is 6.92 Å². The summed E-state index contributed by atoms with van der Waals surface area (Å²) in [5, 5.41) is 0. The number of Topliss-reactive ketones (excluding diaryl/α,β-unsaturated/α-hetero) is 1. The number of ketones is 1. The number of carbonyl (C=O) groups excluding carboxylic acids is 2. The van der Waals surface area contributed by atoms with E-state index in [9.17, 15) is 9.59 Å². The largest absolute Gasteiger partial charge is 0.343 e. The number of amides is 1. The Labute approximate surface area is 72.7 Å². The van der Waals surface area contributed by atoms with Crippen molar-refractivity contribution in [3.63, 3.8) is 0 Å². The molecule has 0 atom stereocenters. The van der Waals surface area contributed by atoms with Crippen molar-refractivity contribution in [1.29, 1.82) is 0 Å². The molecule has 1 aliphatic rings. The first-order valence-electron chi connectivity index (χ1n) is 4.47. The van der Waals surface area contributed by atoms with Crippen molar-refractivity contribution < 1.29 is 9.59 Å². The normalized spacial score (nSPS) is 17.1. The predicted octanol–water partition coefficient (Wildman–Crippen LogP) is 0.978. The van der Waals surface area contributed by atoms with E-state index in [2.05, 4.69) is 0 Å². The van der Waals surface area contributed by atoms with Gasteiger partial charge in [-0.05, 0) is 19.8 Å². The lowest BCUT2D eigenvalue weighted by Gasteiger charge is -2.14. The standard InChI is InChI=1S/C9H15NO2/c1-8(11)4-2-6-10-7-3-5-9(10)12/h2-7H2,1H3. The molecule has 0 aromatic rings. The molecular formula is C9H15NO2. The van der Waals surface area contributed by atoms with Gasteiger partial charge in [-0.1, -0.05) is 0 Å². The summed E-state index contributed by atoms with van der Waals surface area (Å²) in [4.78, 5) is 23.5. The maximum atomic E-state index is 11.1. The van der Waals surface area contributed by atoms with Gasteiger partial charge >= 0.3 is 0 Å². The Morgan fingerprint density at radius 2 is 2.33 bits per heavy atom. The molecule has 0 aromatic carbocycles. The number of hydrogen-bond acceptors (Lipinski definition) is 2. The molecule has 0 aromatic heterocycles. The maximum Gasteiger partial charge on any atom is 0.222 e. The molecule has 1 aliphatic heterocycles. The van der Waals surface area contributed by atoms with Crippen molar-refractivity contribution in [2.24, 2.45) is 0 Å². The fourth-order valence-electron chi connectivity index (χ4n) is 1.46. The van der Waals surface area contributed by atoms with Gasteiger partial charge in [-0.2, -0.15) is 0 Å². The Bertz CT molecular complexity index is 189. The zero-order valence-electron chi connectivity index (χ0n) is 7.51. The SMILES string of the molecule is CC(=O)CCCN1CCCC1=O. The van der Waals surface area contributed by atoms with Crippen LogP contribution < -0.4 is 0 Å². The lowest BCUT2D eigenvalue weighted by molar-refractivity contribution is -0.128. The lowest BCUT2D eigenvalue weighted by atomic mass is 10.2. The molecule has 1 saturated heterocycles. The second-order valence-electron chi connectivity index (χ2n) is 3.29. The monoisotopic (exact) mass is 169 g/mol. The van der Waals surface area contributed by atoms with E-state index >= 15 is 0 Å². The highest BCUT2D eigenvalue weighted by Gasteiger charge is 2.18. The van der Waals surface area contributed by atoms with Crippen molar-refractivity contribution in [3.05, 3.63) is 0 Å². The topological polar surface area (TPSA) is 37.4 Å². The summed E-state index contributed by atoms with van der Waals surface area (Å²) in [7, 11) is 0. The molecule has 1 rings (SSSR count). The van der Waals surface area contributed by atoms with Crippen molar-refractivity contribution in [2.75, 3.05) is 13.1 Å². The molecule has 3 nitrogen and oxygen atoms in total. The van der Waals surface area contributed by atoms with Gasteiger partial charge in [0.25, 0.3) is 0 Å². The van der Waals surface area contributed by atoms with Crippen LogP contribution in [0.4, 0.5) is 0 Å². The van der Waals surface area contributed by atoms with E-state index in [1.165, 1.54) is 0 Å². The number of rotatable bonds is 4. The van der Waals surface area contributed by atoms with Crippen LogP contribution in [0.15, 0.2) is 0 Å². The first kappa shape index (κ1) is 9.23. The highest BCUT2D eigenvalue weighted by molar-refractivity contribution is 5.78. The van der Waals surface area contributed by atoms with E-state index in [4.69, 9.17) is 0 Å². The van der Waals surface area contributed by atoms with Crippen molar-refractivity contribution >= 4 is 11.7 Å². The molecule has 0 aliphatic carbocycles. The average molecular weight is 169 g/mol. The molecule has 3 heteroatoms. The van der Waals surface area contributed by atoms with E-state index in [0.29, 0.717) is 12.8 Å². The first-order valence-corrected chi connectivity index (χ1v) is 4.47. The van der Waals surface area contributed by atoms with Crippen LogP contribution in [0.25, 0.3) is 0 Å². The average Bonchev–Trinajstić information content (AvgIpc) is 2.36. The minimum absolute atomic E-state index is 0.210. The first-order chi connectivity index (χ1) is 5.70. The third-order valence-electron chi connectivity index (χ3n) is 2.13. The fourth-order valence-corrected chi connectivity index (χ4v) is 1.46. The summed E-state index contributed by atoms with van der Waals surface area (Å²) in [6.45, 7) is 3.24. The molecule has 0 N–H and O–H groups in total. The van der Waals surface area contributed by atoms with Gasteiger partial charge in [0.15, 0.2) is 0 Å². The van der Waals surface area contributed by atoms with Crippen LogP contribution in [0.5, 0.6) is 0 Å². The molecular weight excluding hydrogens is 154 g/mol. The molecule has 1 fully saturated rings. The Hall–Kier alpha value is -0.860. The molecule has 68 valence electrons. The van der Waals surface area contributed by atoms with Gasteiger partial charge in [0.2, 0.25) is 5.91 Å². The third-order valence-corrected chi connectivity index (χ3v) is 2.13. The van der Waals surface area contributed by atoms with Gasteiger partial charge in [0.05, 0.1) is 0 Å². The van der Waals surface area contributed by atoms with Crippen LogP contribution in [0.1, 0.15) is 32.6 Å². The number of carbonyl (C=O) groups is 2. The van der Waals surface area contributed by atoms with Crippen LogP contribution >= 0.6 is 0 Å². The smallest absolute Gasteiger partial charge is 0.222 e. The van der Waals surface area contributed by atoms with Gasteiger partial charge in [-0.15, -0.1) is 0 Å². The van der Waals surface area contributed by atoms with Gasteiger partial charge in [-0.25, -0.2) is 0 Å². The fraction of sp³-hybridized carbons (Fsp3) is 0.778. The zero-order chi connectivity index (χ0) is 8.97. The van der Waals surface area contributed by atoms with Crippen LogP contribution in [0.3, 0.4) is 0 Å². The summed E-state index contributed by atoms with van der Waals surface area (Å²) in [5.41, 5.74) is 0. The number of likely N-dealkylation sites (tertiary alicyclic amines) is 1. The van der Waals surface area contributed by atoms with Crippen LogP contribution in [0, 0.1) is 0 Å². The number of nitrogens with zero attached hydrogens (tertiary/aromatic N) is 1. The molecule has 0 radical (unpaired) electrons. The second-order valence-corrected chi connectivity index (χ2v) is 3.29. The predicted molar refractivity (Wildman–Crippen MR) is 45.7 cm³/mol. The van der Waals surface area contributed by atoms with Crippen LogP contribution in [-0.4, -0.2) is 29.7 Å². The maximum absolute atomic E-state index is 11.1. The second kappa shape index (κ2) is 4.24.